The first-order chi connectivity index (χ1) is 12.4. The van der Waals surface area contributed by atoms with Crippen LogP contribution in [-0.2, 0) is 4.74 Å². The molecule has 2 aliphatic rings. The number of piperidine rings is 1. The molecule has 0 bridgehead atoms. The molecule has 0 spiro atoms. The van der Waals surface area contributed by atoms with Crippen LogP contribution >= 0.6 is 0 Å². The van der Waals surface area contributed by atoms with Crippen molar-refractivity contribution in [1.82, 2.24) is 9.80 Å². The number of carbonyl (C=O) groups excluding carboxylic acids is 1. The molecule has 2 atom stereocenters. The molecule has 5 nitrogen and oxygen atoms in total. The molecule has 1 amide bonds. The van der Waals surface area contributed by atoms with E-state index in [2.05, 4.69) is 29.2 Å². The molecule has 1 heterocycles. The SMILES string of the molecule is CC(C)(C)OC(=O)N(C1CCN(CCO)CC1)[C@@H]1C[C@H]1c1ccccc1. The quantitative estimate of drug-likeness (QED) is 0.876. The minimum absolute atomic E-state index is 0.179. The predicted octanol–water partition coefficient (Wildman–Crippen LogP) is 3.24. The highest BCUT2D eigenvalue weighted by molar-refractivity contribution is 5.70. The number of ether oxygens (including phenoxy) is 1. The number of aliphatic hydroxyl groups is 1. The number of hydrogen-bond acceptors (Lipinski definition) is 4. The van der Waals surface area contributed by atoms with Gasteiger partial charge in [-0.05, 0) is 45.6 Å². The Morgan fingerprint density at radius 1 is 1.23 bits per heavy atom. The number of nitrogens with zero attached hydrogens (tertiary/aromatic N) is 2. The van der Waals surface area contributed by atoms with Crippen LogP contribution < -0.4 is 0 Å². The Bertz CT molecular complexity index is 591. The Morgan fingerprint density at radius 3 is 2.46 bits per heavy atom. The summed E-state index contributed by atoms with van der Waals surface area (Å²) >= 11 is 0. The van der Waals surface area contributed by atoms with Gasteiger partial charge in [-0.25, -0.2) is 4.79 Å². The number of benzene rings is 1. The molecule has 1 N–H and O–H groups in total. The molecule has 1 aromatic rings. The van der Waals surface area contributed by atoms with E-state index in [4.69, 9.17) is 9.84 Å². The summed E-state index contributed by atoms with van der Waals surface area (Å²) in [6.07, 6.45) is 2.72. The fraction of sp³-hybridized carbons (Fsp3) is 0.667. The van der Waals surface area contributed by atoms with Crippen molar-refractivity contribution >= 4 is 6.09 Å². The number of hydrogen-bond donors (Lipinski definition) is 1. The molecular formula is C21H32N2O3. The molecule has 1 saturated heterocycles. The van der Waals surface area contributed by atoms with Crippen LogP contribution in [0.3, 0.4) is 0 Å². The van der Waals surface area contributed by atoms with Crippen LogP contribution in [0.5, 0.6) is 0 Å². The van der Waals surface area contributed by atoms with Crippen LogP contribution in [0, 0.1) is 0 Å². The molecule has 1 saturated carbocycles. The highest BCUT2D eigenvalue weighted by atomic mass is 16.6. The van der Waals surface area contributed by atoms with Gasteiger partial charge in [0.25, 0.3) is 0 Å². The van der Waals surface area contributed by atoms with E-state index >= 15 is 0 Å². The molecule has 5 heteroatoms. The third-order valence-corrected chi connectivity index (χ3v) is 5.31. The maximum atomic E-state index is 13.0. The highest BCUT2D eigenvalue weighted by Crippen LogP contribution is 2.46. The first-order valence-corrected chi connectivity index (χ1v) is 9.78. The van der Waals surface area contributed by atoms with E-state index in [0.717, 1.165) is 38.9 Å². The van der Waals surface area contributed by atoms with Crippen molar-refractivity contribution in [2.24, 2.45) is 0 Å². The lowest BCUT2D eigenvalue weighted by molar-refractivity contribution is 0.00457. The maximum absolute atomic E-state index is 13.0. The summed E-state index contributed by atoms with van der Waals surface area (Å²) in [7, 11) is 0. The molecule has 1 aliphatic carbocycles. The molecule has 0 aromatic heterocycles. The van der Waals surface area contributed by atoms with Gasteiger partial charge in [0, 0.05) is 37.6 Å². The summed E-state index contributed by atoms with van der Waals surface area (Å²) in [6, 6.07) is 10.9. The van der Waals surface area contributed by atoms with Crippen molar-refractivity contribution in [2.75, 3.05) is 26.2 Å². The second-order valence-electron chi connectivity index (χ2n) is 8.50. The Morgan fingerprint density at radius 2 is 1.88 bits per heavy atom. The maximum Gasteiger partial charge on any atom is 0.410 e. The fourth-order valence-electron chi connectivity index (χ4n) is 3.98. The lowest BCUT2D eigenvalue weighted by Crippen LogP contribution is -2.50. The smallest absolute Gasteiger partial charge is 0.410 e. The van der Waals surface area contributed by atoms with E-state index in [1.165, 1.54) is 5.56 Å². The molecule has 0 unspecified atom stereocenters. The van der Waals surface area contributed by atoms with E-state index in [1.807, 2.05) is 31.7 Å². The van der Waals surface area contributed by atoms with Crippen molar-refractivity contribution in [1.29, 1.82) is 0 Å². The largest absolute Gasteiger partial charge is 0.444 e. The van der Waals surface area contributed by atoms with Gasteiger partial charge in [0.1, 0.15) is 5.60 Å². The number of rotatable bonds is 5. The van der Waals surface area contributed by atoms with E-state index in [-0.39, 0.29) is 24.8 Å². The van der Waals surface area contributed by atoms with Crippen LogP contribution in [-0.4, -0.2) is 64.9 Å². The van der Waals surface area contributed by atoms with Crippen LogP contribution in [0.15, 0.2) is 30.3 Å². The lowest BCUT2D eigenvalue weighted by Gasteiger charge is -2.39. The van der Waals surface area contributed by atoms with Crippen molar-refractivity contribution < 1.29 is 14.6 Å². The highest BCUT2D eigenvalue weighted by Gasteiger charge is 2.48. The summed E-state index contributed by atoms with van der Waals surface area (Å²) in [4.78, 5) is 17.3. The zero-order valence-corrected chi connectivity index (χ0v) is 16.2. The van der Waals surface area contributed by atoms with Gasteiger partial charge in [0.05, 0.1) is 6.61 Å². The van der Waals surface area contributed by atoms with Gasteiger partial charge in [0.2, 0.25) is 0 Å². The Labute approximate surface area is 156 Å². The van der Waals surface area contributed by atoms with Gasteiger partial charge >= 0.3 is 6.09 Å². The molecule has 2 fully saturated rings. The zero-order valence-electron chi connectivity index (χ0n) is 16.2. The standard InChI is InChI=1S/C21H32N2O3/c1-21(2,3)26-20(25)23(17-9-11-22(12-10-17)13-14-24)19-15-18(19)16-7-5-4-6-8-16/h4-8,17-19,24H,9-15H2,1-3H3/t18-,19+/m0/s1. The van der Waals surface area contributed by atoms with Gasteiger partial charge < -0.3 is 19.6 Å². The van der Waals surface area contributed by atoms with Crippen LogP contribution in [0.1, 0.15) is 51.5 Å². The van der Waals surface area contributed by atoms with E-state index < -0.39 is 5.60 Å². The molecule has 1 aromatic carbocycles. The van der Waals surface area contributed by atoms with Crippen molar-refractivity contribution in [3.05, 3.63) is 35.9 Å². The Balaban J connectivity index is 1.70. The molecule has 3 rings (SSSR count). The third kappa shape index (κ3) is 4.77. The van der Waals surface area contributed by atoms with Gasteiger partial charge in [-0.2, -0.15) is 0 Å². The zero-order chi connectivity index (χ0) is 18.7. The normalized spacial score (nSPS) is 24.3. The van der Waals surface area contributed by atoms with Crippen molar-refractivity contribution in [2.45, 2.75) is 63.6 Å². The monoisotopic (exact) mass is 360 g/mol. The lowest BCUT2D eigenvalue weighted by atomic mass is 10.0. The van der Waals surface area contributed by atoms with Crippen molar-refractivity contribution in [3.8, 4) is 0 Å². The summed E-state index contributed by atoms with van der Waals surface area (Å²) in [5.41, 5.74) is 0.827. The van der Waals surface area contributed by atoms with Gasteiger partial charge in [-0.15, -0.1) is 0 Å². The molecule has 144 valence electrons. The van der Waals surface area contributed by atoms with Crippen LogP contribution in [0.2, 0.25) is 0 Å². The second-order valence-corrected chi connectivity index (χ2v) is 8.50. The topological polar surface area (TPSA) is 53.0 Å². The van der Waals surface area contributed by atoms with Crippen molar-refractivity contribution in [3.63, 3.8) is 0 Å². The first kappa shape index (κ1) is 19.2. The van der Waals surface area contributed by atoms with Gasteiger partial charge in [0.15, 0.2) is 0 Å². The second kappa shape index (κ2) is 7.97. The third-order valence-electron chi connectivity index (χ3n) is 5.31. The van der Waals surface area contributed by atoms with Gasteiger partial charge in [-0.1, -0.05) is 30.3 Å². The summed E-state index contributed by atoms with van der Waals surface area (Å²) < 4.78 is 5.75. The Hall–Kier alpha value is -1.59. The summed E-state index contributed by atoms with van der Waals surface area (Å²) in [6.45, 7) is 8.53. The average Bonchev–Trinajstić information content (AvgIpc) is 3.36. The number of amides is 1. The summed E-state index contributed by atoms with van der Waals surface area (Å²) in [5.74, 6) is 0.416. The van der Waals surface area contributed by atoms with Gasteiger partial charge in [-0.3, -0.25) is 0 Å². The molecule has 1 aliphatic heterocycles. The predicted molar refractivity (Wildman–Crippen MR) is 102 cm³/mol. The Kier molecular flexibility index (Phi) is 5.88. The molecule has 0 radical (unpaired) electrons. The van der Waals surface area contributed by atoms with Crippen LogP contribution in [0.4, 0.5) is 4.79 Å². The number of likely N-dealkylation sites (tertiary alicyclic amines) is 1. The molecular weight excluding hydrogens is 328 g/mol. The fourth-order valence-corrected chi connectivity index (χ4v) is 3.98. The average molecular weight is 360 g/mol. The van der Waals surface area contributed by atoms with E-state index in [9.17, 15) is 4.79 Å². The minimum Gasteiger partial charge on any atom is -0.444 e. The summed E-state index contributed by atoms with van der Waals surface area (Å²) in [5, 5.41) is 9.14. The van der Waals surface area contributed by atoms with E-state index in [1.54, 1.807) is 0 Å². The number of β-amino-alcohol motifs (C(OH)–C–C–N with tert-alkyl or cyclic N) is 1. The number of carbonyl (C=O) groups is 1. The number of aliphatic hydroxyl groups excluding tert-OH is 1. The van der Waals surface area contributed by atoms with E-state index in [0.29, 0.717) is 5.92 Å². The molecule has 26 heavy (non-hydrogen) atoms. The first-order valence-electron chi connectivity index (χ1n) is 9.78. The van der Waals surface area contributed by atoms with Crippen LogP contribution in [0.25, 0.3) is 0 Å². The minimum atomic E-state index is -0.482.